The van der Waals surface area contributed by atoms with E-state index in [0.29, 0.717) is 23.5 Å². The number of carbonyl (C=O) groups is 1. The van der Waals surface area contributed by atoms with Gasteiger partial charge in [0.1, 0.15) is 17.9 Å². The highest BCUT2D eigenvalue weighted by molar-refractivity contribution is 5.97. The van der Waals surface area contributed by atoms with Gasteiger partial charge in [-0.15, -0.1) is 0 Å². The van der Waals surface area contributed by atoms with Crippen molar-refractivity contribution in [1.29, 1.82) is 0 Å². The third-order valence-electron chi connectivity index (χ3n) is 6.81. The van der Waals surface area contributed by atoms with Crippen molar-refractivity contribution in [2.24, 2.45) is 7.05 Å². The van der Waals surface area contributed by atoms with Crippen LogP contribution in [-0.4, -0.2) is 27.2 Å². The summed E-state index contributed by atoms with van der Waals surface area (Å²) in [7, 11) is 1.84. The Bertz CT molecular complexity index is 1750. The van der Waals surface area contributed by atoms with Gasteiger partial charge < -0.3 is 23.7 Å². The molecule has 0 aliphatic carbocycles. The van der Waals surface area contributed by atoms with E-state index in [-0.39, 0.29) is 36.8 Å². The predicted molar refractivity (Wildman–Crippen MR) is 150 cm³/mol. The van der Waals surface area contributed by atoms with Gasteiger partial charge in [-0.2, -0.15) is 0 Å². The molecule has 1 aliphatic heterocycles. The van der Waals surface area contributed by atoms with Gasteiger partial charge >= 0.3 is 0 Å². The number of rotatable bonds is 8. The fourth-order valence-corrected chi connectivity index (χ4v) is 4.80. The molecule has 40 heavy (non-hydrogen) atoms. The number of amides is 1. The van der Waals surface area contributed by atoms with E-state index in [1.54, 1.807) is 29.4 Å². The minimum atomic E-state index is -0.358. The molecule has 0 bridgehead atoms. The van der Waals surface area contributed by atoms with Gasteiger partial charge in [-0.1, -0.05) is 36.4 Å². The molecule has 0 spiro atoms. The zero-order valence-electron chi connectivity index (χ0n) is 21.9. The maximum absolute atomic E-state index is 13.9. The number of fused-ring (bicyclic) bond motifs is 2. The van der Waals surface area contributed by atoms with Crippen LogP contribution >= 0.6 is 0 Å². The Hall–Kier alpha value is -5.11. The number of carbonyl (C=O) groups excluding carboxylic acids is 1. The lowest BCUT2D eigenvalue weighted by Crippen LogP contribution is -2.34. The molecule has 0 N–H and O–H groups in total. The molecule has 5 aromatic rings. The van der Waals surface area contributed by atoms with Crippen LogP contribution in [0, 0.1) is 0 Å². The van der Waals surface area contributed by atoms with E-state index in [2.05, 4.69) is 4.98 Å². The zero-order valence-corrected chi connectivity index (χ0v) is 21.9. The minimum absolute atomic E-state index is 0.118. The number of aromatic nitrogens is 2. The quantitative estimate of drug-likeness (QED) is 0.277. The maximum Gasteiger partial charge on any atom is 0.260 e. The van der Waals surface area contributed by atoms with Crippen molar-refractivity contribution in [3.8, 4) is 17.2 Å². The summed E-state index contributed by atoms with van der Waals surface area (Å²) < 4.78 is 18.7. The van der Waals surface area contributed by atoms with Crippen LogP contribution in [0.15, 0.2) is 102 Å². The Morgan fingerprint density at radius 1 is 0.925 bits per heavy atom. The number of ether oxygens (including phenoxy) is 3. The second-order valence-electron chi connectivity index (χ2n) is 9.61. The van der Waals surface area contributed by atoms with Gasteiger partial charge in [0.25, 0.3) is 5.91 Å². The van der Waals surface area contributed by atoms with Crippen molar-refractivity contribution in [3.63, 3.8) is 0 Å². The lowest BCUT2D eigenvalue weighted by molar-refractivity contribution is 0.0725. The van der Waals surface area contributed by atoms with Crippen LogP contribution in [0.5, 0.6) is 17.2 Å². The SMILES string of the molecule is Cn1cc(C(=O)N(Cc2cccc(OCc3ccc4c(c3)OCO4)c2)Cc2ccccn2)c(=O)c2ccccc21. The fraction of sp³-hybridized carbons (Fsp3) is 0.156. The molecule has 0 atom stereocenters. The second kappa shape index (κ2) is 10.9. The number of aryl methyl sites for hydroxylation is 1. The number of benzene rings is 3. The van der Waals surface area contributed by atoms with E-state index in [9.17, 15) is 9.59 Å². The number of para-hydroxylation sites is 1. The van der Waals surface area contributed by atoms with E-state index >= 15 is 0 Å². The number of hydrogen-bond donors (Lipinski definition) is 0. The van der Waals surface area contributed by atoms with Crippen molar-refractivity contribution in [1.82, 2.24) is 14.5 Å². The van der Waals surface area contributed by atoms with E-state index in [1.807, 2.05) is 84.4 Å². The van der Waals surface area contributed by atoms with Crippen molar-refractivity contribution in [3.05, 3.63) is 130 Å². The molecule has 0 radical (unpaired) electrons. The Kier molecular flexibility index (Phi) is 6.89. The first-order valence-electron chi connectivity index (χ1n) is 12.9. The van der Waals surface area contributed by atoms with Gasteiger partial charge in [0.2, 0.25) is 12.2 Å². The second-order valence-corrected chi connectivity index (χ2v) is 9.61. The molecule has 0 saturated carbocycles. The topological polar surface area (TPSA) is 82.9 Å². The minimum Gasteiger partial charge on any atom is -0.489 e. The molecule has 200 valence electrons. The van der Waals surface area contributed by atoms with Crippen LogP contribution in [0.25, 0.3) is 10.9 Å². The average Bonchev–Trinajstić information content (AvgIpc) is 3.46. The molecule has 0 unspecified atom stereocenters. The number of nitrogens with zero attached hydrogens (tertiary/aromatic N) is 3. The predicted octanol–water partition coefficient (Wildman–Crippen LogP) is 5.08. The monoisotopic (exact) mass is 533 g/mol. The highest BCUT2D eigenvalue weighted by Crippen LogP contribution is 2.32. The molecular weight excluding hydrogens is 506 g/mol. The molecule has 8 nitrogen and oxygen atoms in total. The lowest BCUT2D eigenvalue weighted by atomic mass is 10.1. The van der Waals surface area contributed by atoms with Gasteiger partial charge in [-0.05, 0) is 59.7 Å². The van der Waals surface area contributed by atoms with Crippen LogP contribution in [0.3, 0.4) is 0 Å². The first-order chi connectivity index (χ1) is 19.5. The van der Waals surface area contributed by atoms with Gasteiger partial charge in [0.05, 0.1) is 17.8 Å². The van der Waals surface area contributed by atoms with E-state index in [4.69, 9.17) is 14.2 Å². The van der Waals surface area contributed by atoms with Gasteiger partial charge in [-0.3, -0.25) is 14.6 Å². The fourth-order valence-electron chi connectivity index (χ4n) is 4.80. The van der Waals surface area contributed by atoms with E-state index in [0.717, 1.165) is 28.1 Å². The molecule has 0 fully saturated rings. The number of pyridine rings is 2. The van der Waals surface area contributed by atoms with Crippen molar-refractivity contribution in [2.45, 2.75) is 19.7 Å². The van der Waals surface area contributed by atoms with Crippen LogP contribution in [0.4, 0.5) is 0 Å². The molecule has 0 saturated heterocycles. The Morgan fingerprint density at radius 2 is 1.77 bits per heavy atom. The first kappa shape index (κ1) is 25.2. The summed E-state index contributed by atoms with van der Waals surface area (Å²) in [5.74, 6) is 1.74. The molecule has 1 aliphatic rings. The summed E-state index contributed by atoms with van der Waals surface area (Å²) in [5, 5.41) is 0.507. The van der Waals surface area contributed by atoms with Crippen LogP contribution in [0.1, 0.15) is 27.2 Å². The zero-order chi connectivity index (χ0) is 27.5. The molecule has 6 rings (SSSR count). The third-order valence-corrected chi connectivity index (χ3v) is 6.81. The lowest BCUT2D eigenvalue weighted by Gasteiger charge is -2.23. The standard InChI is InChI=1S/C32H27N3O5/c1-34-19-27(31(36)26-10-2-3-11-28(26)34)32(37)35(18-24-8-4-5-14-33-24)17-22-7-6-9-25(15-22)38-20-23-12-13-29-30(16-23)40-21-39-29/h2-16,19H,17-18,20-21H2,1H3. The summed E-state index contributed by atoms with van der Waals surface area (Å²) >= 11 is 0. The van der Waals surface area contributed by atoms with E-state index in [1.165, 1.54) is 0 Å². The smallest absolute Gasteiger partial charge is 0.260 e. The van der Waals surface area contributed by atoms with Crippen LogP contribution < -0.4 is 19.6 Å². The Labute approximate surface area is 231 Å². The maximum atomic E-state index is 13.9. The van der Waals surface area contributed by atoms with Crippen LogP contribution in [0.2, 0.25) is 0 Å². The average molecular weight is 534 g/mol. The molecule has 3 aromatic carbocycles. The molecule has 8 heteroatoms. The van der Waals surface area contributed by atoms with E-state index < -0.39 is 0 Å². The molecule has 3 heterocycles. The highest BCUT2D eigenvalue weighted by Gasteiger charge is 2.22. The highest BCUT2D eigenvalue weighted by atomic mass is 16.7. The Balaban J connectivity index is 1.26. The summed E-state index contributed by atoms with van der Waals surface area (Å²) in [6.45, 7) is 1.09. The summed E-state index contributed by atoms with van der Waals surface area (Å²) in [4.78, 5) is 33.3. The van der Waals surface area contributed by atoms with Crippen molar-refractivity contribution >= 4 is 16.8 Å². The molecule has 2 aromatic heterocycles. The summed E-state index contributed by atoms with van der Waals surface area (Å²) in [6, 6.07) is 26.2. The molecule has 1 amide bonds. The summed E-state index contributed by atoms with van der Waals surface area (Å²) in [6.07, 6.45) is 3.31. The van der Waals surface area contributed by atoms with Gasteiger partial charge in [0.15, 0.2) is 11.5 Å². The van der Waals surface area contributed by atoms with Crippen LogP contribution in [-0.2, 0) is 26.7 Å². The van der Waals surface area contributed by atoms with Crippen molar-refractivity contribution in [2.75, 3.05) is 6.79 Å². The Morgan fingerprint density at radius 3 is 2.65 bits per heavy atom. The van der Waals surface area contributed by atoms with Gasteiger partial charge in [-0.25, -0.2) is 0 Å². The summed E-state index contributed by atoms with van der Waals surface area (Å²) in [5.41, 5.74) is 3.15. The first-order valence-corrected chi connectivity index (χ1v) is 12.9. The number of hydrogen-bond acceptors (Lipinski definition) is 6. The normalized spacial score (nSPS) is 11.9. The largest absolute Gasteiger partial charge is 0.489 e. The van der Waals surface area contributed by atoms with Gasteiger partial charge in [0, 0.05) is 31.4 Å². The third kappa shape index (κ3) is 5.24. The van der Waals surface area contributed by atoms with Crippen molar-refractivity contribution < 1.29 is 19.0 Å². The molecular formula is C32H27N3O5.